The van der Waals surface area contributed by atoms with Gasteiger partial charge in [0, 0.05) is 40.2 Å². The first-order valence-corrected chi connectivity index (χ1v) is 11.4. The zero-order valence-corrected chi connectivity index (χ0v) is 19.6. The molecule has 3 atom stereocenters. The molecule has 2 aromatic carbocycles. The number of carbonyl (C=O) groups is 1. The summed E-state index contributed by atoms with van der Waals surface area (Å²) in [4.78, 5) is 11.3. The van der Waals surface area contributed by atoms with E-state index < -0.39 is 41.3 Å². The molecule has 0 spiro atoms. The van der Waals surface area contributed by atoms with Crippen LogP contribution in [0.4, 0.5) is 8.78 Å². The van der Waals surface area contributed by atoms with Crippen LogP contribution in [0.25, 0.3) is 16.6 Å². The van der Waals surface area contributed by atoms with Gasteiger partial charge in [-0.2, -0.15) is 0 Å². The van der Waals surface area contributed by atoms with E-state index >= 15 is 0 Å². The zero-order valence-electron chi connectivity index (χ0n) is 19.6. The number of hydrogen-bond acceptors (Lipinski definition) is 4. The predicted molar refractivity (Wildman–Crippen MR) is 123 cm³/mol. The highest BCUT2D eigenvalue weighted by Crippen LogP contribution is 2.49. The van der Waals surface area contributed by atoms with Crippen molar-refractivity contribution in [3.05, 3.63) is 59.3 Å². The van der Waals surface area contributed by atoms with Gasteiger partial charge in [-0.05, 0) is 37.6 Å². The molecule has 0 radical (unpaired) electrons. The maximum absolute atomic E-state index is 14.2. The predicted octanol–water partition coefficient (Wildman–Crippen LogP) is 5.62. The van der Waals surface area contributed by atoms with Crippen molar-refractivity contribution in [3.63, 3.8) is 0 Å². The molecule has 6 nitrogen and oxygen atoms in total. The Morgan fingerprint density at radius 1 is 1.26 bits per heavy atom. The topological polar surface area (TPSA) is 80.9 Å². The Balaban J connectivity index is 1.92. The van der Waals surface area contributed by atoms with E-state index in [1.165, 1.54) is 13.0 Å². The fourth-order valence-corrected chi connectivity index (χ4v) is 4.77. The van der Waals surface area contributed by atoms with E-state index in [4.69, 9.17) is 9.47 Å². The summed E-state index contributed by atoms with van der Waals surface area (Å²) in [5.41, 5.74) is 2.14. The minimum absolute atomic E-state index is 0.0502. The number of carboxylic acids is 1. The second kappa shape index (κ2) is 9.00. The van der Waals surface area contributed by atoms with Crippen molar-refractivity contribution in [1.82, 2.24) is 4.57 Å². The molecule has 0 saturated heterocycles. The normalized spacial score (nSPS) is 19.1. The highest BCUT2D eigenvalue weighted by atomic mass is 19.2. The quantitative estimate of drug-likeness (QED) is 0.465. The molecule has 0 amide bonds. The van der Waals surface area contributed by atoms with Gasteiger partial charge in [0.1, 0.15) is 5.75 Å². The lowest BCUT2D eigenvalue weighted by atomic mass is 9.81. The first kappa shape index (κ1) is 24.2. The smallest absolute Gasteiger partial charge is 0.332 e. The number of phenols is 1. The molecule has 0 fully saturated rings. The maximum Gasteiger partial charge on any atom is 0.332 e. The van der Waals surface area contributed by atoms with Gasteiger partial charge in [-0.25, -0.2) is 13.6 Å². The molecule has 0 bridgehead atoms. The van der Waals surface area contributed by atoms with Crippen LogP contribution in [0.3, 0.4) is 0 Å². The van der Waals surface area contributed by atoms with Crippen LogP contribution in [0.15, 0.2) is 36.4 Å². The van der Waals surface area contributed by atoms with Gasteiger partial charge in [0.2, 0.25) is 0 Å². The Morgan fingerprint density at radius 3 is 2.65 bits per heavy atom. The Kier molecular flexibility index (Phi) is 6.40. The molecule has 1 aliphatic rings. The number of ether oxygens (including phenoxy) is 2. The SMILES string of the molecule is CC[C@@H](C[C@H]1OCC(C)(C)c2c1c1c(O)cccc1n2-c1ccc(F)c(F)c1)OC(C)C(=O)O. The average Bonchev–Trinajstić information content (AvgIpc) is 3.15. The van der Waals surface area contributed by atoms with Crippen LogP contribution in [0.1, 0.15) is 57.9 Å². The van der Waals surface area contributed by atoms with Crippen molar-refractivity contribution < 1.29 is 33.3 Å². The summed E-state index contributed by atoms with van der Waals surface area (Å²) < 4.78 is 41.8. The van der Waals surface area contributed by atoms with E-state index in [1.807, 2.05) is 31.4 Å². The molecule has 1 aromatic heterocycles. The number of aromatic hydroxyl groups is 1. The average molecular weight is 474 g/mol. The van der Waals surface area contributed by atoms with Crippen LogP contribution in [0, 0.1) is 11.6 Å². The number of rotatable bonds is 7. The Hall–Kier alpha value is -2.97. The van der Waals surface area contributed by atoms with Gasteiger partial charge in [-0.3, -0.25) is 0 Å². The van der Waals surface area contributed by atoms with E-state index in [2.05, 4.69) is 0 Å². The first-order valence-electron chi connectivity index (χ1n) is 11.4. The minimum atomic E-state index is -1.04. The molecule has 34 heavy (non-hydrogen) atoms. The van der Waals surface area contributed by atoms with Crippen LogP contribution in [0.2, 0.25) is 0 Å². The third-order valence-corrected chi connectivity index (χ3v) is 6.46. The van der Waals surface area contributed by atoms with E-state index in [-0.39, 0.29) is 5.75 Å². The number of phenolic OH excluding ortho intramolecular Hbond substituents is 1. The monoisotopic (exact) mass is 473 g/mol. The number of hydrogen-bond donors (Lipinski definition) is 2. The van der Waals surface area contributed by atoms with Crippen LogP contribution in [0.5, 0.6) is 5.75 Å². The second-order valence-corrected chi connectivity index (χ2v) is 9.43. The summed E-state index contributed by atoms with van der Waals surface area (Å²) in [5.74, 6) is -2.89. The molecule has 4 rings (SSSR count). The Labute approximate surface area is 196 Å². The third kappa shape index (κ3) is 4.16. The van der Waals surface area contributed by atoms with Gasteiger partial charge >= 0.3 is 5.97 Å². The Bertz CT molecular complexity index is 1240. The molecule has 0 saturated carbocycles. The van der Waals surface area contributed by atoms with Gasteiger partial charge in [0.25, 0.3) is 0 Å². The lowest BCUT2D eigenvalue weighted by molar-refractivity contribution is -0.154. The van der Waals surface area contributed by atoms with Gasteiger partial charge in [-0.15, -0.1) is 0 Å². The lowest BCUT2D eigenvalue weighted by Crippen LogP contribution is -2.36. The van der Waals surface area contributed by atoms with Crippen LogP contribution in [-0.2, 0) is 19.7 Å². The van der Waals surface area contributed by atoms with Crippen molar-refractivity contribution in [2.24, 2.45) is 0 Å². The largest absolute Gasteiger partial charge is 0.507 e. The molecule has 2 N–H and O–H groups in total. The van der Waals surface area contributed by atoms with E-state index in [1.54, 1.807) is 12.1 Å². The molecular weight excluding hydrogens is 444 g/mol. The molecule has 0 aliphatic carbocycles. The van der Waals surface area contributed by atoms with Crippen molar-refractivity contribution in [1.29, 1.82) is 0 Å². The van der Waals surface area contributed by atoms with Crippen LogP contribution < -0.4 is 0 Å². The van der Waals surface area contributed by atoms with Crippen molar-refractivity contribution >= 4 is 16.9 Å². The highest BCUT2D eigenvalue weighted by molar-refractivity contribution is 5.93. The second-order valence-electron chi connectivity index (χ2n) is 9.43. The summed E-state index contributed by atoms with van der Waals surface area (Å²) in [6.45, 7) is 7.73. The Morgan fingerprint density at radius 2 is 2.00 bits per heavy atom. The number of benzene rings is 2. The standard InChI is InChI=1S/C26H29F2NO5/c1-5-16(34-14(2)25(31)32)12-21-23-22-19(7-6-8-20(22)30)29(24(23)26(3,4)13-33-21)15-9-10-17(27)18(28)11-15/h6-11,14,16,21,30H,5,12-13H2,1-4H3,(H,31,32)/t14?,16-,21+/m0/s1. The van der Waals surface area contributed by atoms with Gasteiger partial charge < -0.3 is 24.3 Å². The third-order valence-electron chi connectivity index (χ3n) is 6.46. The molecule has 8 heteroatoms. The molecule has 1 unspecified atom stereocenters. The number of aliphatic carboxylic acids is 1. The van der Waals surface area contributed by atoms with Crippen LogP contribution >= 0.6 is 0 Å². The van der Waals surface area contributed by atoms with E-state index in [0.717, 1.165) is 23.4 Å². The summed E-state index contributed by atoms with van der Waals surface area (Å²) >= 11 is 0. The van der Waals surface area contributed by atoms with Gasteiger partial charge in [0.15, 0.2) is 17.7 Å². The van der Waals surface area contributed by atoms with Gasteiger partial charge in [0.05, 0.1) is 24.3 Å². The van der Waals surface area contributed by atoms with Crippen molar-refractivity contribution in [2.75, 3.05) is 6.61 Å². The number of nitrogens with zero attached hydrogens (tertiary/aromatic N) is 1. The molecular formula is C26H29F2NO5. The lowest BCUT2D eigenvalue weighted by Gasteiger charge is -2.38. The maximum atomic E-state index is 14.2. The van der Waals surface area contributed by atoms with Crippen LogP contribution in [-0.4, -0.2) is 39.6 Å². The fraction of sp³-hybridized carbons (Fsp3) is 0.423. The number of fused-ring (bicyclic) bond motifs is 3. The number of halogens is 2. The summed E-state index contributed by atoms with van der Waals surface area (Å²) in [6, 6.07) is 8.85. The zero-order chi connectivity index (χ0) is 24.8. The summed E-state index contributed by atoms with van der Waals surface area (Å²) in [6.07, 6.45) is -0.901. The molecule has 3 aromatic rings. The van der Waals surface area contributed by atoms with Crippen molar-refractivity contribution in [2.45, 2.75) is 64.3 Å². The molecule has 182 valence electrons. The summed E-state index contributed by atoms with van der Waals surface area (Å²) in [5, 5.41) is 20.7. The highest BCUT2D eigenvalue weighted by Gasteiger charge is 2.41. The number of carboxylic acid groups (broad SMARTS) is 1. The van der Waals surface area contributed by atoms with E-state index in [9.17, 15) is 23.8 Å². The fourth-order valence-electron chi connectivity index (χ4n) is 4.77. The minimum Gasteiger partial charge on any atom is -0.507 e. The number of aromatic nitrogens is 1. The van der Waals surface area contributed by atoms with Crippen molar-refractivity contribution in [3.8, 4) is 11.4 Å². The summed E-state index contributed by atoms with van der Waals surface area (Å²) in [7, 11) is 0. The first-order chi connectivity index (χ1) is 16.0. The molecule has 2 heterocycles. The molecule has 1 aliphatic heterocycles. The van der Waals surface area contributed by atoms with Gasteiger partial charge in [-0.1, -0.05) is 26.8 Å². The van der Waals surface area contributed by atoms with E-state index in [0.29, 0.717) is 36.0 Å².